The Balaban J connectivity index is 0.000000980. The van der Waals surface area contributed by atoms with Crippen LogP contribution in [0, 0.1) is 0 Å². The van der Waals surface area contributed by atoms with E-state index in [0.29, 0.717) is 12.2 Å². The van der Waals surface area contributed by atoms with Gasteiger partial charge in [-0.15, -0.1) is 0 Å². The molecule has 14 heavy (non-hydrogen) atoms. The topological polar surface area (TPSA) is 9.23 Å². The summed E-state index contributed by atoms with van der Waals surface area (Å²) in [6, 6.07) is 0. The molecule has 2 fully saturated rings. The number of hydrogen-bond acceptors (Lipinski definition) is 1. The summed E-state index contributed by atoms with van der Waals surface area (Å²) in [5.74, 6) is 0. The van der Waals surface area contributed by atoms with Crippen molar-refractivity contribution in [3.8, 4) is 0 Å². The van der Waals surface area contributed by atoms with Crippen molar-refractivity contribution in [1.29, 1.82) is 0 Å². The Hall–Kier alpha value is 0.759. The summed E-state index contributed by atoms with van der Waals surface area (Å²) in [6.45, 7) is 0. The van der Waals surface area contributed by atoms with Crippen LogP contribution in [0.1, 0.15) is 64.2 Å². The zero-order chi connectivity index (χ0) is 8.93. The van der Waals surface area contributed by atoms with E-state index in [4.69, 9.17) is 4.74 Å². The van der Waals surface area contributed by atoms with Gasteiger partial charge < -0.3 is 4.74 Å². The van der Waals surface area contributed by atoms with E-state index in [1.54, 1.807) is 0 Å². The first-order chi connectivity index (χ1) is 6.45. The van der Waals surface area contributed by atoms with Gasteiger partial charge in [-0.3, -0.25) is 0 Å². The Kier molecular flexibility index (Phi) is 6.51. The zero-order valence-corrected chi connectivity index (χ0v) is 12.0. The van der Waals surface area contributed by atoms with Crippen molar-refractivity contribution in [3.05, 3.63) is 0 Å². The monoisotopic (exact) mass is 302 g/mol. The molecule has 80 valence electrons. The molecule has 0 aromatic rings. The smallest absolute Gasteiger partial charge is 0.0578 e. The molecule has 2 aliphatic rings. The van der Waals surface area contributed by atoms with Gasteiger partial charge in [0, 0.05) is 23.9 Å². The van der Waals surface area contributed by atoms with Gasteiger partial charge in [-0.2, -0.15) is 0 Å². The molecule has 0 bridgehead atoms. The minimum Gasteiger partial charge on any atom is -0.375 e. The minimum absolute atomic E-state index is 0. The van der Waals surface area contributed by atoms with Gasteiger partial charge in [-0.25, -0.2) is 0 Å². The van der Waals surface area contributed by atoms with Crippen molar-refractivity contribution in [1.82, 2.24) is 0 Å². The largest absolute Gasteiger partial charge is 0.375 e. The van der Waals surface area contributed by atoms with Crippen LogP contribution < -0.4 is 0 Å². The summed E-state index contributed by atoms with van der Waals surface area (Å²) in [4.78, 5) is 0. The summed E-state index contributed by atoms with van der Waals surface area (Å²) in [5, 5.41) is 0. The van der Waals surface area contributed by atoms with Gasteiger partial charge in [0.05, 0.1) is 12.2 Å². The third kappa shape index (κ3) is 4.09. The molecule has 2 saturated carbocycles. The maximum absolute atomic E-state index is 6.13. The summed E-state index contributed by atoms with van der Waals surface area (Å²) in [6.07, 6.45) is 15.0. The Bertz CT molecular complexity index is 121. The molecule has 0 unspecified atom stereocenters. The van der Waals surface area contributed by atoms with Crippen LogP contribution in [0.15, 0.2) is 0 Å². The fourth-order valence-electron chi connectivity index (χ4n) is 2.67. The van der Waals surface area contributed by atoms with E-state index >= 15 is 0 Å². The molecule has 0 saturated heterocycles. The quantitative estimate of drug-likeness (QED) is 0.711. The van der Waals surface area contributed by atoms with Crippen molar-refractivity contribution in [3.63, 3.8) is 0 Å². The Morgan fingerprint density at radius 1 is 0.571 bits per heavy atom. The number of rotatable bonds is 2. The molecule has 1 nitrogen and oxygen atoms in total. The van der Waals surface area contributed by atoms with Crippen LogP contribution in [0.25, 0.3) is 0 Å². The second kappa shape index (κ2) is 7.10. The van der Waals surface area contributed by atoms with Crippen LogP contribution in [0.5, 0.6) is 0 Å². The molecule has 0 heterocycles. The maximum atomic E-state index is 6.13. The first kappa shape index (κ1) is 12.8. The van der Waals surface area contributed by atoms with Crippen LogP contribution in [0.2, 0.25) is 0 Å². The average Bonchev–Trinajstić information content (AvgIpc) is 2.21. The molecule has 0 spiro atoms. The van der Waals surface area contributed by atoms with Crippen molar-refractivity contribution < 1.29 is 4.74 Å². The van der Waals surface area contributed by atoms with E-state index in [1.807, 2.05) is 0 Å². The van der Waals surface area contributed by atoms with Crippen molar-refractivity contribution in [2.45, 2.75) is 76.4 Å². The molecule has 4 radical (unpaired) electrons. The normalized spacial score (nSPS) is 25.7. The Morgan fingerprint density at radius 3 is 1.29 bits per heavy atom. The average molecular weight is 301 g/mol. The van der Waals surface area contributed by atoms with Gasteiger partial charge in [0.2, 0.25) is 0 Å². The van der Waals surface area contributed by atoms with Gasteiger partial charge in [0.1, 0.15) is 0 Å². The first-order valence-corrected chi connectivity index (χ1v) is 6.10. The second-order valence-electron chi connectivity index (χ2n) is 4.66. The summed E-state index contributed by atoms with van der Waals surface area (Å²) < 4.78 is 6.13. The molecular formula is C12H22OSn. The maximum Gasteiger partial charge on any atom is 0.0578 e. The second-order valence-corrected chi connectivity index (χ2v) is 4.66. The van der Waals surface area contributed by atoms with E-state index in [9.17, 15) is 0 Å². The fourth-order valence-corrected chi connectivity index (χ4v) is 2.67. The van der Waals surface area contributed by atoms with Crippen LogP contribution in [-0.2, 0) is 4.74 Å². The van der Waals surface area contributed by atoms with Gasteiger partial charge in [-0.1, -0.05) is 38.5 Å². The number of ether oxygens (including phenoxy) is 1. The minimum atomic E-state index is 0. The third-order valence-corrected chi connectivity index (χ3v) is 3.49. The molecule has 0 aliphatic heterocycles. The van der Waals surface area contributed by atoms with Crippen LogP contribution >= 0.6 is 0 Å². The molecule has 0 amide bonds. The fraction of sp³-hybridized carbons (Fsp3) is 1.00. The van der Waals surface area contributed by atoms with E-state index in [1.165, 1.54) is 64.2 Å². The van der Waals surface area contributed by atoms with E-state index in [0.717, 1.165) is 0 Å². The predicted molar refractivity (Wildman–Crippen MR) is 60.6 cm³/mol. The Morgan fingerprint density at radius 2 is 0.929 bits per heavy atom. The van der Waals surface area contributed by atoms with Crippen molar-refractivity contribution in [2.75, 3.05) is 0 Å². The number of hydrogen-bond donors (Lipinski definition) is 0. The van der Waals surface area contributed by atoms with Gasteiger partial charge in [0.25, 0.3) is 0 Å². The molecule has 2 rings (SSSR count). The van der Waals surface area contributed by atoms with Crippen LogP contribution in [0.4, 0.5) is 0 Å². The van der Waals surface area contributed by atoms with Gasteiger partial charge >= 0.3 is 0 Å². The molecule has 2 heteroatoms. The predicted octanol–water partition coefficient (Wildman–Crippen LogP) is 3.29. The van der Waals surface area contributed by atoms with Crippen LogP contribution in [0.3, 0.4) is 0 Å². The first-order valence-electron chi connectivity index (χ1n) is 6.10. The summed E-state index contributed by atoms with van der Waals surface area (Å²) in [7, 11) is 0. The van der Waals surface area contributed by atoms with Gasteiger partial charge in [-0.05, 0) is 25.7 Å². The van der Waals surface area contributed by atoms with Gasteiger partial charge in [0.15, 0.2) is 0 Å². The molecule has 0 atom stereocenters. The molecule has 0 aromatic carbocycles. The molecule has 0 aromatic heterocycles. The van der Waals surface area contributed by atoms with Crippen LogP contribution in [-0.4, -0.2) is 36.1 Å². The van der Waals surface area contributed by atoms with Crippen molar-refractivity contribution in [2.24, 2.45) is 0 Å². The van der Waals surface area contributed by atoms with E-state index in [2.05, 4.69) is 0 Å². The van der Waals surface area contributed by atoms with Crippen molar-refractivity contribution >= 4 is 23.9 Å². The Labute approximate surface area is 105 Å². The molecular weight excluding hydrogens is 279 g/mol. The zero-order valence-electron chi connectivity index (χ0n) is 9.13. The standard InChI is InChI=1S/C12H22O.Sn/c1-3-7-11(8-4-1)13-12-9-5-2-6-10-12;/h11-12H,1-10H2;. The molecule has 2 aliphatic carbocycles. The summed E-state index contributed by atoms with van der Waals surface area (Å²) in [5.41, 5.74) is 0. The SMILES string of the molecule is C1CCC(OC2CCCCC2)CC1.[Sn]. The van der Waals surface area contributed by atoms with E-state index < -0.39 is 0 Å². The summed E-state index contributed by atoms with van der Waals surface area (Å²) >= 11 is 0. The third-order valence-electron chi connectivity index (χ3n) is 3.49. The van der Waals surface area contributed by atoms with E-state index in [-0.39, 0.29) is 23.9 Å². The molecule has 0 N–H and O–H groups in total.